The van der Waals surface area contributed by atoms with Crippen LogP contribution in [0.2, 0.25) is 0 Å². The minimum Gasteiger partial charge on any atom is -1.00 e. The topological polar surface area (TPSA) is 0 Å². The second kappa shape index (κ2) is 14.3. The molecule has 4 aliphatic rings. The molecule has 0 spiro atoms. The van der Waals surface area contributed by atoms with Crippen LogP contribution in [0.5, 0.6) is 0 Å². The Kier molecular flexibility index (Phi) is 10.5. The Morgan fingerprint density at radius 3 is 1.77 bits per heavy atom. The van der Waals surface area contributed by atoms with Gasteiger partial charge in [0.15, 0.2) is 0 Å². The zero-order chi connectivity index (χ0) is 27.9. The molecule has 0 aliphatic heterocycles. The molecule has 1 atom stereocenters. The second-order valence-electron chi connectivity index (χ2n) is 13.7. The first-order chi connectivity index (χ1) is 20.9. The average molecular weight is 699 g/mol. The van der Waals surface area contributed by atoms with Crippen molar-refractivity contribution in [1.82, 2.24) is 0 Å². The molecule has 0 nitrogen and oxygen atoms in total. The molecule has 4 aliphatic carbocycles. The second-order valence-corrected chi connectivity index (χ2v) is 20.4. The summed E-state index contributed by atoms with van der Waals surface area (Å²) in [6, 6.07) is 28.3. The van der Waals surface area contributed by atoms with Crippen LogP contribution in [0.1, 0.15) is 98.2 Å². The van der Waals surface area contributed by atoms with Gasteiger partial charge in [-0.25, -0.2) is 0 Å². The maximum atomic E-state index is 2.60. The van der Waals surface area contributed by atoms with E-state index in [0.29, 0.717) is 3.63 Å². The first kappa shape index (κ1) is 32.2. The van der Waals surface area contributed by atoms with Gasteiger partial charge in [0.25, 0.3) is 0 Å². The fourth-order valence-corrected chi connectivity index (χ4v) is 19.1. The van der Waals surface area contributed by atoms with Crippen molar-refractivity contribution in [3.63, 3.8) is 0 Å². The summed E-state index contributed by atoms with van der Waals surface area (Å²) in [5.74, 6) is 1.85. The van der Waals surface area contributed by atoms with Crippen LogP contribution in [-0.4, -0.2) is 3.21 Å². The smallest absolute Gasteiger partial charge is 1.00 e. The van der Waals surface area contributed by atoms with Crippen LogP contribution in [0.15, 0.2) is 94.3 Å². The molecule has 4 aromatic rings. The normalized spacial score (nSPS) is 19.4. The summed E-state index contributed by atoms with van der Waals surface area (Å²) in [5.41, 5.74) is 6.43. The first-order valence-corrected chi connectivity index (χ1v) is 20.8. The minimum atomic E-state index is -2.38. The molecular formula is C41H44Cl2Zr. The third-order valence-corrected chi connectivity index (χ3v) is 19.5. The van der Waals surface area contributed by atoms with Gasteiger partial charge in [-0.15, -0.1) is 0 Å². The molecule has 0 saturated heterocycles. The summed E-state index contributed by atoms with van der Waals surface area (Å²) in [6.45, 7) is 0. The van der Waals surface area contributed by atoms with E-state index >= 15 is 0 Å². The van der Waals surface area contributed by atoms with Crippen molar-refractivity contribution >= 4 is 24.8 Å². The minimum absolute atomic E-state index is 0. The van der Waals surface area contributed by atoms with E-state index in [4.69, 9.17) is 0 Å². The third kappa shape index (κ3) is 5.92. The maximum absolute atomic E-state index is 2.60. The van der Waals surface area contributed by atoms with E-state index in [0.717, 1.165) is 11.8 Å². The number of fused-ring (bicyclic) bond motifs is 8. The summed E-state index contributed by atoms with van der Waals surface area (Å²) < 4.78 is 4.54. The van der Waals surface area contributed by atoms with Gasteiger partial charge in [0.05, 0.1) is 0 Å². The molecule has 0 N–H and O–H groups in total. The number of hydrogen-bond acceptors (Lipinski definition) is 0. The van der Waals surface area contributed by atoms with E-state index in [9.17, 15) is 0 Å². The van der Waals surface area contributed by atoms with Crippen LogP contribution in [-0.2, 0) is 21.3 Å². The zero-order valence-electron chi connectivity index (χ0n) is 25.8. The number of allylic oxidation sites excluding steroid dienone is 4. The van der Waals surface area contributed by atoms with Gasteiger partial charge in [-0.2, -0.15) is 0 Å². The van der Waals surface area contributed by atoms with Crippen molar-refractivity contribution < 1.29 is 46.1 Å². The predicted molar refractivity (Wildman–Crippen MR) is 178 cm³/mol. The Hall–Kier alpha value is -1.79. The summed E-state index contributed by atoms with van der Waals surface area (Å²) in [4.78, 5) is 0. The van der Waals surface area contributed by atoms with Crippen molar-refractivity contribution in [3.8, 4) is 11.1 Å². The van der Waals surface area contributed by atoms with Crippen LogP contribution in [0.4, 0.5) is 0 Å². The van der Waals surface area contributed by atoms with Gasteiger partial charge in [-0.1, -0.05) is 0 Å². The van der Waals surface area contributed by atoms with Gasteiger partial charge in [-0.3, -0.25) is 0 Å². The molecule has 8 rings (SSSR count). The summed E-state index contributed by atoms with van der Waals surface area (Å²) in [7, 11) is 0. The van der Waals surface area contributed by atoms with Gasteiger partial charge in [0, 0.05) is 0 Å². The van der Waals surface area contributed by atoms with Gasteiger partial charge < -0.3 is 24.8 Å². The van der Waals surface area contributed by atoms with E-state index in [2.05, 4.69) is 94.2 Å². The SMILES string of the molecule is C1=CC[C]([Zr+2](=[C](CC2CCCCC2)CC2CCCCC2)[CH]2c3ccccc3-c3c2c2ccccc2c2ccccc32)=C1.[Cl-].[Cl-]. The van der Waals surface area contributed by atoms with Crippen LogP contribution in [0.25, 0.3) is 32.7 Å². The maximum Gasteiger partial charge on any atom is -1.00 e. The molecule has 1 unspecified atom stereocenters. The van der Waals surface area contributed by atoms with Gasteiger partial charge in [0.2, 0.25) is 0 Å². The number of hydrogen-bond donors (Lipinski definition) is 0. The zero-order valence-corrected chi connectivity index (χ0v) is 29.8. The summed E-state index contributed by atoms with van der Waals surface area (Å²) in [6.07, 6.45) is 26.1. The van der Waals surface area contributed by atoms with Crippen LogP contribution in [0, 0.1) is 11.8 Å². The van der Waals surface area contributed by atoms with E-state index in [-0.39, 0.29) is 24.8 Å². The number of halogens is 2. The van der Waals surface area contributed by atoms with E-state index in [1.165, 1.54) is 111 Å². The molecule has 0 aromatic heterocycles. The molecule has 0 heterocycles. The van der Waals surface area contributed by atoms with Crippen LogP contribution in [0.3, 0.4) is 0 Å². The van der Waals surface area contributed by atoms with Crippen molar-refractivity contribution in [2.24, 2.45) is 11.8 Å². The van der Waals surface area contributed by atoms with Crippen molar-refractivity contribution in [3.05, 3.63) is 105 Å². The molecule has 2 fully saturated rings. The van der Waals surface area contributed by atoms with E-state index < -0.39 is 21.3 Å². The van der Waals surface area contributed by atoms with Crippen molar-refractivity contribution in [1.29, 1.82) is 0 Å². The fraction of sp³-hybridized carbons (Fsp3) is 0.390. The molecule has 0 bridgehead atoms. The molecule has 0 amide bonds. The fourth-order valence-electron chi connectivity index (χ4n) is 9.24. The van der Waals surface area contributed by atoms with Gasteiger partial charge >= 0.3 is 262 Å². The largest absolute Gasteiger partial charge is 1.00 e. The molecule has 226 valence electrons. The predicted octanol–water partition coefficient (Wildman–Crippen LogP) is 5.65. The van der Waals surface area contributed by atoms with Crippen molar-refractivity contribution in [2.45, 2.75) is 87.1 Å². The monoisotopic (exact) mass is 696 g/mol. The average Bonchev–Trinajstić information content (AvgIpc) is 3.70. The van der Waals surface area contributed by atoms with E-state index in [1.54, 1.807) is 16.7 Å². The van der Waals surface area contributed by atoms with Gasteiger partial charge in [-0.05, 0) is 0 Å². The molecule has 4 aromatic carbocycles. The number of rotatable bonds is 6. The molecule has 3 heteroatoms. The van der Waals surface area contributed by atoms with Crippen LogP contribution >= 0.6 is 0 Å². The molecule has 44 heavy (non-hydrogen) atoms. The Labute approximate surface area is 284 Å². The number of benzene rings is 4. The Balaban J connectivity index is 0.00000171. The Morgan fingerprint density at radius 2 is 1.16 bits per heavy atom. The van der Waals surface area contributed by atoms with Gasteiger partial charge in [0.1, 0.15) is 0 Å². The van der Waals surface area contributed by atoms with Crippen LogP contribution < -0.4 is 24.8 Å². The quantitative estimate of drug-likeness (QED) is 0.229. The Bertz CT molecular complexity index is 1710. The third-order valence-electron chi connectivity index (χ3n) is 11.1. The Morgan fingerprint density at radius 1 is 0.614 bits per heavy atom. The van der Waals surface area contributed by atoms with Crippen molar-refractivity contribution in [2.75, 3.05) is 0 Å². The summed E-state index contributed by atoms with van der Waals surface area (Å²) in [5, 5.41) is 5.85. The molecular weight excluding hydrogens is 655 g/mol. The molecule has 2 saturated carbocycles. The molecule has 0 radical (unpaired) electrons. The first-order valence-electron chi connectivity index (χ1n) is 17.0. The van der Waals surface area contributed by atoms with E-state index in [1.807, 2.05) is 3.28 Å². The standard InChI is InChI=1S/C21H13.C15H26.C5H5.2ClH.Zr/c1-2-8-15-14(7-1)13-20-18-11-4-3-9-16(18)17-10-5-6-12-19(17)21(15)20;1-3-8-14(9-4-1)12-7-13-15-10-5-2-6-11-15;1-2-4-5-3-1;;;/h1-13H;14-15H,1-6,8-13H2;1-3H,4H2;2*1H;/q;;;;;+2/p-2. The summed E-state index contributed by atoms with van der Waals surface area (Å²) >= 11 is -2.38.